The minimum atomic E-state index is -0.870. The normalized spacial score (nSPS) is 19.2. The van der Waals surface area contributed by atoms with Gasteiger partial charge in [-0.1, -0.05) is 12.1 Å². The maximum absolute atomic E-state index is 10.9. The molecule has 1 aromatic heterocycles. The molecule has 0 bridgehead atoms. The van der Waals surface area contributed by atoms with Gasteiger partial charge in [-0.15, -0.1) is 0 Å². The van der Waals surface area contributed by atoms with Crippen molar-refractivity contribution in [3.05, 3.63) is 53.1 Å². The molecule has 0 aliphatic carbocycles. The van der Waals surface area contributed by atoms with Crippen LogP contribution >= 0.6 is 0 Å². The fourth-order valence-electron chi connectivity index (χ4n) is 3.13. The number of hydrogen-bond donors (Lipinski definition) is 2. The summed E-state index contributed by atoms with van der Waals surface area (Å²) in [7, 11) is 0. The van der Waals surface area contributed by atoms with Crippen LogP contribution in [0.4, 0.5) is 0 Å². The fourth-order valence-corrected chi connectivity index (χ4v) is 3.13. The number of rotatable bonds is 4. The molecule has 0 amide bonds. The van der Waals surface area contributed by atoms with E-state index in [1.165, 1.54) is 5.56 Å². The van der Waals surface area contributed by atoms with Crippen molar-refractivity contribution in [3.63, 3.8) is 0 Å². The molecule has 1 fully saturated rings. The van der Waals surface area contributed by atoms with Crippen LogP contribution in [0.1, 0.15) is 46.1 Å². The van der Waals surface area contributed by atoms with Crippen LogP contribution in [-0.2, 0) is 6.54 Å². The SMILES string of the molecule is Cc1[nH]cnc1CN1CCCC(c2ccc(C(=O)O)cc2)C1. The van der Waals surface area contributed by atoms with E-state index < -0.39 is 5.97 Å². The van der Waals surface area contributed by atoms with E-state index in [4.69, 9.17) is 5.11 Å². The maximum Gasteiger partial charge on any atom is 0.335 e. The van der Waals surface area contributed by atoms with Gasteiger partial charge in [-0.25, -0.2) is 9.78 Å². The van der Waals surface area contributed by atoms with Crippen molar-refractivity contribution in [1.82, 2.24) is 14.9 Å². The van der Waals surface area contributed by atoms with Gasteiger partial charge in [0.15, 0.2) is 0 Å². The van der Waals surface area contributed by atoms with Crippen molar-refractivity contribution in [1.29, 1.82) is 0 Å². The average molecular weight is 299 g/mol. The van der Waals surface area contributed by atoms with Crippen molar-refractivity contribution in [3.8, 4) is 0 Å². The highest BCUT2D eigenvalue weighted by molar-refractivity contribution is 5.87. The first-order valence-corrected chi connectivity index (χ1v) is 7.68. The number of H-pyrrole nitrogens is 1. The quantitative estimate of drug-likeness (QED) is 0.911. The summed E-state index contributed by atoms with van der Waals surface area (Å²) in [6, 6.07) is 7.32. The van der Waals surface area contributed by atoms with E-state index in [1.54, 1.807) is 18.5 Å². The van der Waals surface area contributed by atoms with Crippen LogP contribution in [0.5, 0.6) is 0 Å². The summed E-state index contributed by atoms with van der Waals surface area (Å²) >= 11 is 0. The summed E-state index contributed by atoms with van der Waals surface area (Å²) < 4.78 is 0. The molecule has 22 heavy (non-hydrogen) atoms. The number of piperidine rings is 1. The largest absolute Gasteiger partial charge is 0.478 e. The minimum Gasteiger partial charge on any atom is -0.478 e. The number of carboxylic acids is 1. The summed E-state index contributed by atoms with van der Waals surface area (Å²) in [4.78, 5) is 20.9. The molecule has 1 unspecified atom stereocenters. The zero-order valence-corrected chi connectivity index (χ0v) is 12.7. The van der Waals surface area contributed by atoms with Crippen LogP contribution in [0, 0.1) is 6.92 Å². The van der Waals surface area contributed by atoms with Gasteiger partial charge in [0.1, 0.15) is 0 Å². The Morgan fingerprint density at radius 3 is 2.82 bits per heavy atom. The Bertz CT molecular complexity index is 648. The van der Waals surface area contributed by atoms with E-state index in [-0.39, 0.29) is 0 Å². The first kappa shape index (κ1) is 14.8. The van der Waals surface area contributed by atoms with Gasteiger partial charge in [-0.05, 0) is 49.9 Å². The molecule has 1 aromatic carbocycles. The van der Waals surface area contributed by atoms with Gasteiger partial charge in [0.2, 0.25) is 0 Å². The highest BCUT2D eigenvalue weighted by Gasteiger charge is 2.22. The Balaban J connectivity index is 1.67. The van der Waals surface area contributed by atoms with Gasteiger partial charge < -0.3 is 10.1 Å². The number of aromatic nitrogens is 2. The number of carbonyl (C=O) groups is 1. The summed E-state index contributed by atoms with van der Waals surface area (Å²) in [6.45, 7) is 5.02. The van der Waals surface area contributed by atoms with Gasteiger partial charge in [-0.3, -0.25) is 4.90 Å². The lowest BCUT2D eigenvalue weighted by Gasteiger charge is -2.32. The number of carboxylic acid groups (broad SMARTS) is 1. The molecule has 5 nitrogen and oxygen atoms in total. The maximum atomic E-state index is 10.9. The predicted octanol–water partition coefficient (Wildman–Crippen LogP) is 2.80. The molecule has 3 rings (SSSR count). The molecule has 0 saturated carbocycles. The second kappa shape index (κ2) is 6.32. The first-order chi connectivity index (χ1) is 10.6. The lowest BCUT2D eigenvalue weighted by atomic mass is 9.90. The Morgan fingerprint density at radius 1 is 1.41 bits per heavy atom. The lowest BCUT2D eigenvalue weighted by molar-refractivity contribution is 0.0697. The molecule has 5 heteroatoms. The number of benzene rings is 1. The van der Waals surface area contributed by atoms with Gasteiger partial charge in [0.25, 0.3) is 0 Å². The molecular weight excluding hydrogens is 278 g/mol. The number of imidazole rings is 1. The van der Waals surface area contributed by atoms with E-state index in [2.05, 4.69) is 14.9 Å². The highest BCUT2D eigenvalue weighted by Crippen LogP contribution is 2.28. The van der Waals surface area contributed by atoms with Gasteiger partial charge in [0.05, 0.1) is 17.6 Å². The third-order valence-electron chi connectivity index (χ3n) is 4.44. The monoisotopic (exact) mass is 299 g/mol. The van der Waals surface area contributed by atoms with E-state index in [9.17, 15) is 4.79 Å². The Kier molecular flexibility index (Phi) is 4.24. The van der Waals surface area contributed by atoms with Gasteiger partial charge >= 0.3 is 5.97 Å². The Morgan fingerprint density at radius 2 is 2.18 bits per heavy atom. The third kappa shape index (κ3) is 3.20. The Labute approximate surface area is 130 Å². The molecule has 0 radical (unpaired) electrons. The third-order valence-corrected chi connectivity index (χ3v) is 4.44. The molecule has 1 aliphatic rings. The molecule has 1 atom stereocenters. The highest BCUT2D eigenvalue weighted by atomic mass is 16.4. The number of aromatic carboxylic acids is 1. The second-order valence-corrected chi connectivity index (χ2v) is 5.98. The number of aryl methyl sites for hydroxylation is 1. The fraction of sp³-hybridized carbons (Fsp3) is 0.412. The predicted molar refractivity (Wildman–Crippen MR) is 84.0 cm³/mol. The van der Waals surface area contributed by atoms with Crippen molar-refractivity contribution >= 4 is 5.97 Å². The van der Waals surface area contributed by atoms with Crippen LogP contribution < -0.4 is 0 Å². The molecule has 2 heterocycles. The summed E-state index contributed by atoms with van der Waals surface area (Å²) in [6.07, 6.45) is 4.06. The zero-order valence-electron chi connectivity index (χ0n) is 12.7. The number of aromatic amines is 1. The van der Waals surface area contributed by atoms with Crippen LogP contribution in [0.2, 0.25) is 0 Å². The topological polar surface area (TPSA) is 69.2 Å². The average Bonchev–Trinajstić information content (AvgIpc) is 2.93. The number of likely N-dealkylation sites (tertiary alicyclic amines) is 1. The van der Waals surface area contributed by atoms with Crippen molar-refractivity contribution in [2.24, 2.45) is 0 Å². The molecule has 116 valence electrons. The molecular formula is C17H21N3O2. The van der Waals surface area contributed by atoms with Crippen molar-refractivity contribution in [2.75, 3.05) is 13.1 Å². The van der Waals surface area contributed by atoms with Crippen LogP contribution in [0.15, 0.2) is 30.6 Å². The van der Waals surface area contributed by atoms with Crippen LogP contribution in [0.3, 0.4) is 0 Å². The van der Waals surface area contributed by atoms with Gasteiger partial charge in [-0.2, -0.15) is 0 Å². The molecule has 0 spiro atoms. The number of nitrogens with one attached hydrogen (secondary N) is 1. The van der Waals surface area contributed by atoms with E-state index in [0.29, 0.717) is 11.5 Å². The first-order valence-electron chi connectivity index (χ1n) is 7.68. The van der Waals surface area contributed by atoms with E-state index in [0.717, 1.165) is 43.9 Å². The molecule has 1 saturated heterocycles. The van der Waals surface area contributed by atoms with E-state index in [1.807, 2.05) is 19.1 Å². The standard InChI is InChI=1S/C17H21N3O2/c1-12-16(19-11-18-12)10-20-8-2-3-15(9-20)13-4-6-14(7-5-13)17(21)22/h4-7,11,15H,2-3,8-10H2,1H3,(H,18,19)(H,21,22). The zero-order chi connectivity index (χ0) is 15.5. The molecule has 1 aliphatic heterocycles. The van der Waals surface area contributed by atoms with Crippen LogP contribution in [0.25, 0.3) is 0 Å². The summed E-state index contributed by atoms with van der Waals surface area (Å²) in [5.74, 6) is -0.401. The van der Waals surface area contributed by atoms with Crippen molar-refractivity contribution in [2.45, 2.75) is 32.2 Å². The van der Waals surface area contributed by atoms with E-state index >= 15 is 0 Å². The second-order valence-electron chi connectivity index (χ2n) is 5.98. The number of hydrogen-bond acceptors (Lipinski definition) is 3. The van der Waals surface area contributed by atoms with Gasteiger partial charge in [0, 0.05) is 18.8 Å². The molecule has 2 N–H and O–H groups in total. The lowest BCUT2D eigenvalue weighted by Crippen LogP contribution is -2.34. The summed E-state index contributed by atoms with van der Waals surface area (Å²) in [5, 5.41) is 8.98. The smallest absolute Gasteiger partial charge is 0.335 e. The Hall–Kier alpha value is -2.14. The van der Waals surface area contributed by atoms with Crippen molar-refractivity contribution < 1.29 is 9.90 Å². The molecule has 2 aromatic rings. The van der Waals surface area contributed by atoms with Crippen LogP contribution in [-0.4, -0.2) is 39.0 Å². The number of nitrogens with zero attached hydrogens (tertiary/aromatic N) is 2. The minimum absolute atomic E-state index is 0.351. The summed E-state index contributed by atoms with van der Waals surface area (Å²) in [5.41, 5.74) is 3.83.